The van der Waals surface area contributed by atoms with Gasteiger partial charge in [0.1, 0.15) is 11.6 Å². The molecule has 3 aromatic carbocycles. The number of benzene rings is 3. The van der Waals surface area contributed by atoms with Crippen molar-refractivity contribution in [3.8, 4) is 0 Å². The van der Waals surface area contributed by atoms with Crippen LogP contribution in [-0.4, -0.2) is 51.6 Å². The summed E-state index contributed by atoms with van der Waals surface area (Å²) < 4.78 is 15.2. The minimum Gasteiger partial charge on any atom is -0.322 e. The lowest BCUT2D eigenvalue weighted by atomic mass is 10.1. The van der Waals surface area contributed by atoms with Gasteiger partial charge in [0.05, 0.1) is 23.5 Å². The van der Waals surface area contributed by atoms with Gasteiger partial charge in [-0.2, -0.15) is 0 Å². The van der Waals surface area contributed by atoms with Crippen LogP contribution in [0.1, 0.15) is 24.4 Å². The van der Waals surface area contributed by atoms with E-state index in [-0.39, 0.29) is 17.6 Å². The molecule has 0 radical (unpaired) electrons. The molecule has 1 aliphatic rings. The number of piperazine rings is 1. The number of anilines is 1. The minimum absolute atomic E-state index is 0.0561. The Hall–Kier alpha value is -4.04. The van der Waals surface area contributed by atoms with Crippen LogP contribution in [0, 0.1) is 5.82 Å². The third kappa shape index (κ3) is 4.99. The van der Waals surface area contributed by atoms with E-state index in [1.54, 1.807) is 21.6 Å². The number of halogens is 1. The summed E-state index contributed by atoms with van der Waals surface area (Å²) in [6.07, 6.45) is 0. The van der Waals surface area contributed by atoms with E-state index < -0.39 is 5.82 Å². The maximum Gasteiger partial charge on any atom is 0.321 e. The molecule has 5 rings (SSSR count). The molecule has 0 spiro atoms. The number of urea groups is 1. The number of hydrogen-bond donors (Lipinski definition) is 1. The second-order valence-electron chi connectivity index (χ2n) is 9.00. The van der Waals surface area contributed by atoms with E-state index in [0.717, 1.165) is 5.56 Å². The van der Waals surface area contributed by atoms with Gasteiger partial charge in [-0.15, -0.1) is 0 Å². The number of nitrogens with zero attached hydrogens (tertiary/aromatic N) is 4. The molecule has 1 unspecified atom stereocenters. The monoisotopic (exact) mass is 485 g/mol. The molecule has 0 aliphatic carbocycles. The minimum atomic E-state index is -0.393. The van der Waals surface area contributed by atoms with Crippen molar-refractivity contribution in [1.29, 1.82) is 0 Å². The molecule has 36 heavy (non-hydrogen) atoms. The molecule has 0 bridgehead atoms. The molecule has 1 aliphatic heterocycles. The van der Waals surface area contributed by atoms with E-state index in [4.69, 9.17) is 4.98 Å². The smallest absolute Gasteiger partial charge is 0.321 e. The molecular formula is C28H28FN5O2. The van der Waals surface area contributed by atoms with Crippen LogP contribution >= 0.6 is 0 Å². The van der Waals surface area contributed by atoms with Gasteiger partial charge in [-0.1, -0.05) is 48.5 Å². The van der Waals surface area contributed by atoms with Crippen LogP contribution in [0.2, 0.25) is 0 Å². The largest absolute Gasteiger partial charge is 0.322 e. The highest BCUT2D eigenvalue weighted by molar-refractivity contribution is 5.89. The fourth-order valence-electron chi connectivity index (χ4n) is 4.67. The number of carbonyl (C=O) groups is 1. The Morgan fingerprint density at radius 3 is 2.44 bits per heavy atom. The molecule has 0 saturated carbocycles. The number of para-hydroxylation sites is 1. The van der Waals surface area contributed by atoms with E-state index >= 15 is 0 Å². The van der Waals surface area contributed by atoms with Gasteiger partial charge in [0.15, 0.2) is 0 Å². The summed E-state index contributed by atoms with van der Waals surface area (Å²) in [7, 11) is 0. The second kappa shape index (κ2) is 10.3. The molecule has 1 fully saturated rings. The predicted molar refractivity (Wildman–Crippen MR) is 139 cm³/mol. The lowest BCUT2D eigenvalue weighted by Crippen LogP contribution is -2.51. The number of fused-ring (bicyclic) bond motifs is 1. The summed E-state index contributed by atoms with van der Waals surface area (Å²) in [5.74, 6) is 0.316. The van der Waals surface area contributed by atoms with Crippen molar-refractivity contribution in [2.24, 2.45) is 0 Å². The maximum atomic E-state index is 13.5. The first-order valence-electron chi connectivity index (χ1n) is 12.1. The topological polar surface area (TPSA) is 70.5 Å². The van der Waals surface area contributed by atoms with Crippen molar-refractivity contribution in [3.05, 3.63) is 106 Å². The summed E-state index contributed by atoms with van der Waals surface area (Å²) in [6.45, 7) is 4.79. The zero-order chi connectivity index (χ0) is 25.1. The molecule has 2 heterocycles. The molecule has 1 saturated heterocycles. The number of carbonyl (C=O) groups excluding carboxylic acids is 1. The SMILES string of the molecule is CC(c1nc2ccccc2c(=O)n1Cc1ccccc1)N1CCN(C(=O)Nc2cccc(F)c2)CC1. The Bertz CT molecular complexity index is 1430. The van der Waals surface area contributed by atoms with Crippen LogP contribution < -0.4 is 10.9 Å². The second-order valence-corrected chi connectivity index (χ2v) is 9.00. The first-order chi connectivity index (χ1) is 17.5. The van der Waals surface area contributed by atoms with Gasteiger partial charge in [-0.25, -0.2) is 14.2 Å². The standard InChI is InChI=1S/C28H28FN5O2/c1-20(32-14-16-33(17-15-32)28(36)30-23-11-7-10-22(29)18-23)26-31-25-13-6-5-12-24(25)27(35)34(26)19-21-8-3-2-4-9-21/h2-13,18,20H,14-17,19H2,1H3,(H,30,36). The van der Waals surface area contributed by atoms with Gasteiger partial charge in [-0.3, -0.25) is 14.3 Å². The van der Waals surface area contributed by atoms with Crippen molar-refractivity contribution in [2.45, 2.75) is 19.5 Å². The number of hydrogen-bond acceptors (Lipinski definition) is 4. The van der Waals surface area contributed by atoms with E-state index in [2.05, 4.69) is 17.1 Å². The average Bonchev–Trinajstić information content (AvgIpc) is 2.90. The zero-order valence-corrected chi connectivity index (χ0v) is 20.1. The fourth-order valence-corrected chi connectivity index (χ4v) is 4.67. The normalized spacial score (nSPS) is 15.1. The van der Waals surface area contributed by atoms with Crippen LogP contribution in [0.4, 0.5) is 14.9 Å². The van der Waals surface area contributed by atoms with E-state index in [0.29, 0.717) is 55.1 Å². The van der Waals surface area contributed by atoms with Crippen LogP contribution in [0.5, 0.6) is 0 Å². The fraction of sp³-hybridized carbons (Fsp3) is 0.250. The van der Waals surface area contributed by atoms with Gasteiger partial charge in [0, 0.05) is 31.9 Å². The number of rotatable bonds is 5. The van der Waals surface area contributed by atoms with Crippen LogP contribution in [0.15, 0.2) is 83.7 Å². The summed E-state index contributed by atoms with van der Waals surface area (Å²) in [4.78, 5) is 35.1. The number of aromatic nitrogens is 2. The molecule has 8 heteroatoms. The summed E-state index contributed by atoms with van der Waals surface area (Å²) in [5.41, 5.74) is 2.09. The summed E-state index contributed by atoms with van der Waals surface area (Å²) >= 11 is 0. The molecule has 2 amide bonds. The molecular weight excluding hydrogens is 457 g/mol. The molecule has 1 N–H and O–H groups in total. The molecule has 7 nitrogen and oxygen atoms in total. The quantitative estimate of drug-likeness (QED) is 0.452. The van der Waals surface area contributed by atoms with Crippen molar-refractivity contribution in [3.63, 3.8) is 0 Å². The van der Waals surface area contributed by atoms with Gasteiger partial charge in [-0.05, 0) is 42.8 Å². The third-order valence-electron chi connectivity index (χ3n) is 6.67. The van der Waals surface area contributed by atoms with Gasteiger partial charge in [0.25, 0.3) is 5.56 Å². The van der Waals surface area contributed by atoms with Crippen molar-refractivity contribution in [2.75, 3.05) is 31.5 Å². The number of amides is 2. The Kier molecular flexibility index (Phi) is 6.77. The maximum absolute atomic E-state index is 13.5. The van der Waals surface area contributed by atoms with Gasteiger partial charge >= 0.3 is 6.03 Å². The Labute approximate surface area is 208 Å². The first kappa shape index (κ1) is 23.7. The molecule has 1 atom stereocenters. The van der Waals surface area contributed by atoms with Crippen molar-refractivity contribution < 1.29 is 9.18 Å². The van der Waals surface area contributed by atoms with Crippen LogP contribution in [-0.2, 0) is 6.54 Å². The highest BCUT2D eigenvalue weighted by Crippen LogP contribution is 2.22. The van der Waals surface area contributed by atoms with Gasteiger partial charge < -0.3 is 10.2 Å². The van der Waals surface area contributed by atoms with E-state index in [1.165, 1.54) is 12.1 Å². The lowest BCUT2D eigenvalue weighted by molar-refractivity contribution is 0.114. The Morgan fingerprint density at radius 1 is 0.972 bits per heavy atom. The summed E-state index contributed by atoms with van der Waals surface area (Å²) in [5, 5.41) is 3.36. The molecule has 4 aromatic rings. The highest BCUT2D eigenvalue weighted by atomic mass is 19.1. The first-order valence-corrected chi connectivity index (χ1v) is 12.1. The number of nitrogens with one attached hydrogen (secondary N) is 1. The lowest BCUT2D eigenvalue weighted by Gasteiger charge is -2.38. The molecule has 1 aromatic heterocycles. The van der Waals surface area contributed by atoms with Crippen molar-refractivity contribution >= 4 is 22.6 Å². The van der Waals surface area contributed by atoms with E-state index in [1.807, 2.05) is 54.6 Å². The Morgan fingerprint density at radius 2 is 1.69 bits per heavy atom. The zero-order valence-electron chi connectivity index (χ0n) is 20.1. The van der Waals surface area contributed by atoms with E-state index in [9.17, 15) is 14.0 Å². The van der Waals surface area contributed by atoms with Crippen LogP contribution in [0.25, 0.3) is 10.9 Å². The highest BCUT2D eigenvalue weighted by Gasteiger charge is 2.28. The predicted octanol–water partition coefficient (Wildman–Crippen LogP) is 4.49. The molecule has 184 valence electrons. The summed E-state index contributed by atoms with van der Waals surface area (Å²) in [6, 6.07) is 22.8. The van der Waals surface area contributed by atoms with Gasteiger partial charge in [0.2, 0.25) is 0 Å². The Balaban J connectivity index is 1.35. The van der Waals surface area contributed by atoms with Crippen LogP contribution in [0.3, 0.4) is 0 Å². The average molecular weight is 486 g/mol. The van der Waals surface area contributed by atoms with Crippen molar-refractivity contribution in [1.82, 2.24) is 19.4 Å². The third-order valence-corrected chi connectivity index (χ3v) is 6.67.